The molecule has 1 unspecified atom stereocenters. The fourth-order valence-corrected chi connectivity index (χ4v) is 2.95. The van der Waals surface area contributed by atoms with Crippen molar-refractivity contribution >= 4 is 15.9 Å². The third-order valence-corrected chi connectivity index (χ3v) is 4.50. The molecule has 0 saturated carbocycles. The Hall–Kier alpha value is -1.17. The molecule has 0 radical (unpaired) electrons. The second-order valence-electron chi connectivity index (χ2n) is 5.58. The Bertz CT molecular complexity index is 579. The molecule has 2 N–H and O–H groups in total. The lowest BCUT2D eigenvalue weighted by Gasteiger charge is -2.29. The van der Waals surface area contributed by atoms with Gasteiger partial charge in [0, 0.05) is 29.8 Å². The van der Waals surface area contributed by atoms with Crippen LogP contribution in [0.5, 0.6) is 0 Å². The number of aromatic nitrogens is 2. The summed E-state index contributed by atoms with van der Waals surface area (Å²) in [6.07, 6.45) is 3.81. The summed E-state index contributed by atoms with van der Waals surface area (Å²) >= 11 is 3.61. The van der Waals surface area contributed by atoms with Gasteiger partial charge in [0.2, 0.25) is 0 Å². The maximum absolute atomic E-state index is 6.03. The first-order chi connectivity index (χ1) is 10.0. The summed E-state index contributed by atoms with van der Waals surface area (Å²) in [5, 5.41) is 0. The summed E-state index contributed by atoms with van der Waals surface area (Å²) in [5.41, 5.74) is 8.46. The molecule has 1 atom stereocenters. The summed E-state index contributed by atoms with van der Waals surface area (Å²) in [4.78, 5) is 6.56. The number of hydrogen-bond acceptors (Lipinski definition) is 3. The van der Waals surface area contributed by atoms with Crippen molar-refractivity contribution in [1.29, 1.82) is 0 Å². The third-order valence-electron chi connectivity index (χ3n) is 3.73. The molecule has 1 aromatic heterocycles. The number of benzene rings is 1. The molecule has 2 aromatic rings. The van der Waals surface area contributed by atoms with E-state index in [1.165, 1.54) is 11.3 Å². The molecular weight excluding hydrogens is 328 g/mol. The monoisotopic (exact) mass is 350 g/mol. The van der Waals surface area contributed by atoms with Gasteiger partial charge in [-0.2, -0.15) is 0 Å². The predicted octanol–water partition coefficient (Wildman–Crippen LogP) is 3.36. The molecule has 21 heavy (non-hydrogen) atoms. The maximum atomic E-state index is 6.03. The molecule has 1 heterocycles. The normalized spacial score (nSPS) is 13.1. The highest BCUT2D eigenvalue weighted by Gasteiger charge is 2.21. The summed E-state index contributed by atoms with van der Waals surface area (Å²) in [6.45, 7) is 5.73. The topological polar surface area (TPSA) is 47.1 Å². The van der Waals surface area contributed by atoms with E-state index in [1.54, 1.807) is 0 Å². The number of likely N-dealkylation sites (N-methyl/N-ethyl adjacent to an activating group) is 1. The van der Waals surface area contributed by atoms with E-state index >= 15 is 0 Å². The lowest BCUT2D eigenvalue weighted by Crippen LogP contribution is -2.32. The van der Waals surface area contributed by atoms with Crippen molar-refractivity contribution in [3.63, 3.8) is 0 Å². The highest BCUT2D eigenvalue weighted by molar-refractivity contribution is 9.10. The van der Waals surface area contributed by atoms with E-state index in [0.29, 0.717) is 12.6 Å². The van der Waals surface area contributed by atoms with Gasteiger partial charge in [0.25, 0.3) is 0 Å². The second-order valence-corrected chi connectivity index (χ2v) is 6.43. The van der Waals surface area contributed by atoms with E-state index in [9.17, 15) is 0 Å². The van der Waals surface area contributed by atoms with Crippen molar-refractivity contribution < 1.29 is 0 Å². The lowest BCUT2D eigenvalue weighted by molar-refractivity contribution is 0.230. The highest BCUT2D eigenvalue weighted by Crippen LogP contribution is 2.25. The minimum atomic E-state index is 0.155. The first-order valence-corrected chi connectivity index (χ1v) is 7.99. The van der Waals surface area contributed by atoms with Gasteiger partial charge in [0.05, 0.1) is 18.1 Å². The van der Waals surface area contributed by atoms with Gasteiger partial charge in [-0.25, -0.2) is 4.98 Å². The molecule has 5 heteroatoms. The zero-order valence-corrected chi connectivity index (χ0v) is 14.4. The molecule has 0 bridgehead atoms. The summed E-state index contributed by atoms with van der Waals surface area (Å²) in [7, 11) is 2.11. The molecular formula is C16H23BrN4. The Morgan fingerprint density at radius 1 is 1.33 bits per heavy atom. The molecule has 4 nitrogen and oxygen atoms in total. The van der Waals surface area contributed by atoms with Gasteiger partial charge in [-0.05, 0) is 32.5 Å². The van der Waals surface area contributed by atoms with Crippen LogP contribution in [-0.2, 0) is 6.54 Å². The van der Waals surface area contributed by atoms with Crippen LogP contribution in [0.2, 0.25) is 0 Å². The zero-order chi connectivity index (χ0) is 15.4. The quantitative estimate of drug-likeness (QED) is 0.868. The summed E-state index contributed by atoms with van der Waals surface area (Å²) < 4.78 is 3.32. The lowest BCUT2D eigenvalue weighted by atomic mass is 10.1. The number of rotatable bonds is 6. The molecule has 0 aliphatic rings. The van der Waals surface area contributed by atoms with Crippen molar-refractivity contribution in [3.8, 4) is 0 Å². The van der Waals surface area contributed by atoms with E-state index in [0.717, 1.165) is 11.0 Å². The standard InChI is InChI=1S/C16H23BrN4/c1-12(2)21-11-19-9-16(21)15(8-18)20(3)10-13-6-4-5-7-14(13)17/h4-7,9,11-12,15H,8,10,18H2,1-3H3. The zero-order valence-electron chi connectivity index (χ0n) is 12.8. The van der Waals surface area contributed by atoms with Crippen LogP contribution in [0, 0.1) is 0 Å². The van der Waals surface area contributed by atoms with Crippen LogP contribution in [0.25, 0.3) is 0 Å². The molecule has 0 aliphatic heterocycles. The van der Waals surface area contributed by atoms with Gasteiger partial charge in [-0.15, -0.1) is 0 Å². The van der Waals surface area contributed by atoms with Crippen molar-refractivity contribution in [3.05, 3.63) is 52.5 Å². The second kappa shape index (κ2) is 7.20. The van der Waals surface area contributed by atoms with Crippen LogP contribution < -0.4 is 5.73 Å². The van der Waals surface area contributed by atoms with Crippen LogP contribution in [0.4, 0.5) is 0 Å². The summed E-state index contributed by atoms with van der Waals surface area (Å²) in [6, 6.07) is 8.83. The Balaban J connectivity index is 2.21. The van der Waals surface area contributed by atoms with Crippen molar-refractivity contribution in [1.82, 2.24) is 14.5 Å². The number of nitrogens with two attached hydrogens (primary N) is 1. The predicted molar refractivity (Wildman–Crippen MR) is 90.0 cm³/mol. The number of nitrogens with zero attached hydrogens (tertiary/aromatic N) is 3. The summed E-state index contributed by atoms with van der Waals surface area (Å²) in [5.74, 6) is 0. The first kappa shape index (κ1) is 16.2. The Labute approximate surface area is 135 Å². The fourth-order valence-electron chi connectivity index (χ4n) is 2.54. The Morgan fingerprint density at radius 3 is 2.67 bits per heavy atom. The van der Waals surface area contributed by atoms with E-state index < -0.39 is 0 Å². The van der Waals surface area contributed by atoms with Crippen molar-refractivity contribution in [2.45, 2.75) is 32.5 Å². The Kier molecular flexibility index (Phi) is 5.56. The smallest absolute Gasteiger partial charge is 0.0951 e. The molecule has 0 spiro atoms. The minimum absolute atomic E-state index is 0.155. The van der Waals surface area contributed by atoms with E-state index in [-0.39, 0.29) is 6.04 Å². The minimum Gasteiger partial charge on any atom is -0.331 e. The molecule has 1 aromatic carbocycles. The van der Waals surface area contributed by atoms with Gasteiger partial charge in [-0.3, -0.25) is 4.90 Å². The van der Waals surface area contributed by atoms with Gasteiger partial charge in [0.1, 0.15) is 0 Å². The average Bonchev–Trinajstić information content (AvgIpc) is 2.91. The number of halogens is 1. The average molecular weight is 351 g/mol. The SMILES string of the molecule is CC(C)n1cncc1C(CN)N(C)Cc1ccccc1Br. The Morgan fingerprint density at radius 2 is 2.05 bits per heavy atom. The molecule has 114 valence electrons. The van der Waals surface area contributed by atoms with Gasteiger partial charge in [0.15, 0.2) is 0 Å². The van der Waals surface area contributed by atoms with Crippen molar-refractivity contribution in [2.75, 3.05) is 13.6 Å². The fraction of sp³-hybridized carbons (Fsp3) is 0.438. The largest absolute Gasteiger partial charge is 0.331 e. The third kappa shape index (κ3) is 3.73. The number of imidazole rings is 1. The highest BCUT2D eigenvalue weighted by atomic mass is 79.9. The molecule has 0 saturated heterocycles. The molecule has 0 fully saturated rings. The van der Waals surface area contributed by atoms with Crippen molar-refractivity contribution in [2.24, 2.45) is 5.73 Å². The van der Waals surface area contributed by atoms with Gasteiger partial charge < -0.3 is 10.3 Å². The number of hydrogen-bond donors (Lipinski definition) is 1. The molecule has 0 amide bonds. The van der Waals surface area contributed by atoms with E-state index in [4.69, 9.17) is 5.73 Å². The van der Waals surface area contributed by atoms with Crippen LogP contribution in [0.15, 0.2) is 41.3 Å². The molecule has 2 rings (SSSR count). The first-order valence-electron chi connectivity index (χ1n) is 7.20. The van der Waals surface area contributed by atoms with Crippen LogP contribution in [-0.4, -0.2) is 28.0 Å². The molecule has 0 aliphatic carbocycles. The van der Waals surface area contributed by atoms with Gasteiger partial charge in [-0.1, -0.05) is 34.1 Å². The van der Waals surface area contributed by atoms with Crippen LogP contribution in [0.1, 0.15) is 37.2 Å². The van der Waals surface area contributed by atoms with E-state index in [2.05, 4.69) is 69.5 Å². The van der Waals surface area contributed by atoms with Gasteiger partial charge >= 0.3 is 0 Å². The van der Waals surface area contributed by atoms with Crippen LogP contribution >= 0.6 is 15.9 Å². The maximum Gasteiger partial charge on any atom is 0.0951 e. The van der Waals surface area contributed by atoms with E-state index in [1.807, 2.05) is 18.6 Å². The van der Waals surface area contributed by atoms with Crippen LogP contribution in [0.3, 0.4) is 0 Å².